The maximum absolute atomic E-state index is 4.13. The standard InChI is InChI=1S/C18H27N/c1-16(2)13-18(11-7-4-8-12-18)15-19-14-17-9-5-3-6-10-17/h3,5-6,9-10,19H,1,4,7-8,11-15H2,2H3. The lowest BCUT2D eigenvalue weighted by molar-refractivity contribution is 0.180. The smallest absolute Gasteiger partial charge is 0.0205 e. The maximum atomic E-state index is 4.13. The number of nitrogens with one attached hydrogen (secondary N) is 1. The van der Waals surface area contributed by atoms with Gasteiger partial charge in [-0.05, 0) is 37.2 Å². The molecule has 0 aromatic heterocycles. The maximum Gasteiger partial charge on any atom is 0.0205 e. The molecule has 0 spiro atoms. The second-order valence-corrected chi connectivity index (χ2v) is 6.28. The van der Waals surface area contributed by atoms with Crippen molar-refractivity contribution in [3.63, 3.8) is 0 Å². The molecule has 0 heterocycles. The summed E-state index contributed by atoms with van der Waals surface area (Å²) in [4.78, 5) is 0. The summed E-state index contributed by atoms with van der Waals surface area (Å²) >= 11 is 0. The number of benzene rings is 1. The van der Waals surface area contributed by atoms with Crippen LogP contribution < -0.4 is 5.32 Å². The molecule has 1 aliphatic carbocycles. The van der Waals surface area contributed by atoms with E-state index in [0.717, 1.165) is 13.1 Å². The Morgan fingerprint density at radius 2 is 1.84 bits per heavy atom. The van der Waals surface area contributed by atoms with Gasteiger partial charge in [0, 0.05) is 13.1 Å². The van der Waals surface area contributed by atoms with Gasteiger partial charge in [0.1, 0.15) is 0 Å². The molecule has 0 aliphatic heterocycles. The van der Waals surface area contributed by atoms with Crippen molar-refractivity contribution in [2.75, 3.05) is 6.54 Å². The Balaban J connectivity index is 1.87. The van der Waals surface area contributed by atoms with Gasteiger partial charge in [-0.15, -0.1) is 6.58 Å². The summed E-state index contributed by atoms with van der Waals surface area (Å²) in [5.74, 6) is 0. The monoisotopic (exact) mass is 257 g/mol. The largest absolute Gasteiger partial charge is 0.312 e. The number of hydrogen-bond donors (Lipinski definition) is 1. The molecule has 1 saturated carbocycles. The summed E-state index contributed by atoms with van der Waals surface area (Å²) in [5, 5.41) is 3.68. The predicted molar refractivity (Wildman–Crippen MR) is 83.1 cm³/mol. The van der Waals surface area contributed by atoms with Crippen molar-refractivity contribution in [3.8, 4) is 0 Å². The molecule has 1 N–H and O–H groups in total. The Bertz CT molecular complexity index is 387. The molecule has 2 rings (SSSR count). The molecule has 0 amide bonds. The second-order valence-electron chi connectivity index (χ2n) is 6.28. The molecule has 0 unspecified atom stereocenters. The molecule has 1 aromatic carbocycles. The van der Waals surface area contributed by atoms with Crippen molar-refractivity contribution in [2.45, 2.75) is 52.0 Å². The third-order valence-electron chi connectivity index (χ3n) is 4.26. The summed E-state index contributed by atoms with van der Waals surface area (Å²) in [7, 11) is 0. The molecule has 0 saturated heterocycles. The molecule has 0 bridgehead atoms. The predicted octanol–water partition coefficient (Wildman–Crippen LogP) is 4.69. The first-order valence-electron chi connectivity index (χ1n) is 7.59. The molecular weight excluding hydrogens is 230 g/mol. The average Bonchev–Trinajstić information content (AvgIpc) is 2.40. The molecule has 1 aliphatic rings. The lowest BCUT2D eigenvalue weighted by atomic mass is 9.70. The lowest BCUT2D eigenvalue weighted by Gasteiger charge is -2.38. The van der Waals surface area contributed by atoms with Crippen LogP contribution in [0.2, 0.25) is 0 Å². The Hall–Kier alpha value is -1.08. The molecular formula is C18H27N. The fraction of sp³-hybridized carbons (Fsp3) is 0.556. The van der Waals surface area contributed by atoms with E-state index in [0.29, 0.717) is 5.41 Å². The Labute approximate surface area is 118 Å². The van der Waals surface area contributed by atoms with E-state index in [4.69, 9.17) is 0 Å². The van der Waals surface area contributed by atoms with Crippen LogP contribution in [0.15, 0.2) is 42.5 Å². The van der Waals surface area contributed by atoms with Gasteiger partial charge < -0.3 is 5.32 Å². The van der Waals surface area contributed by atoms with Gasteiger partial charge in [0.05, 0.1) is 0 Å². The SMILES string of the molecule is C=C(C)CC1(CNCc2ccccc2)CCCCC1. The summed E-state index contributed by atoms with van der Waals surface area (Å²) in [5.41, 5.74) is 3.19. The van der Waals surface area contributed by atoms with Crippen molar-refractivity contribution in [2.24, 2.45) is 5.41 Å². The van der Waals surface area contributed by atoms with Gasteiger partial charge >= 0.3 is 0 Å². The molecule has 0 radical (unpaired) electrons. The summed E-state index contributed by atoms with van der Waals surface area (Å²) in [6, 6.07) is 10.7. The summed E-state index contributed by atoms with van der Waals surface area (Å²) in [6.45, 7) is 8.43. The third kappa shape index (κ3) is 4.50. The zero-order valence-corrected chi connectivity index (χ0v) is 12.3. The fourth-order valence-electron chi connectivity index (χ4n) is 3.43. The number of rotatable bonds is 6. The van der Waals surface area contributed by atoms with E-state index in [9.17, 15) is 0 Å². The minimum Gasteiger partial charge on any atom is -0.312 e. The van der Waals surface area contributed by atoms with E-state index >= 15 is 0 Å². The average molecular weight is 257 g/mol. The highest BCUT2D eigenvalue weighted by Gasteiger charge is 2.31. The Morgan fingerprint density at radius 1 is 1.16 bits per heavy atom. The molecule has 1 nitrogen and oxygen atoms in total. The van der Waals surface area contributed by atoms with Gasteiger partial charge in [-0.3, -0.25) is 0 Å². The van der Waals surface area contributed by atoms with Crippen molar-refractivity contribution >= 4 is 0 Å². The van der Waals surface area contributed by atoms with Crippen LogP contribution in [0.3, 0.4) is 0 Å². The van der Waals surface area contributed by atoms with E-state index < -0.39 is 0 Å². The van der Waals surface area contributed by atoms with E-state index in [1.54, 1.807) is 0 Å². The van der Waals surface area contributed by atoms with Crippen LogP contribution in [0.25, 0.3) is 0 Å². The molecule has 1 heteroatoms. The van der Waals surface area contributed by atoms with Crippen molar-refractivity contribution in [1.29, 1.82) is 0 Å². The minimum absolute atomic E-state index is 0.471. The van der Waals surface area contributed by atoms with Crippen molar-refractivity contribution < 1.29 is 0 Å². The van der Waals surface area contributed by atoms with Crippen molar-refractivity contribution in [3.05, 3.63) is 48.0 Å². The van der Waals surface area contributed by atoms with E-state index in [1.165, 1.54) is 49.7 Å². The molecule has 19 heavy (non-hydrogen) atoms. The lowest BCUT2D eigenvalue weighted by Crippen LogP contribution is -2.36. The summed E-state index contributed by atoms with van der Waals surface area (Å²) in [6.07, 6.45) is 8.11. The fourth-order valence-corrected chi connectivity index (χ4v) is 3.43. The van der Waals surface area contributed by atoms with Crippen LogP contribution in [0.1, 0.15) is 51.0 Å². The van der Waals surface area contributed by atoms with Gasteiger partial charge in [-0.2, -0.15) is 0 Å². The van der Waals surface area contributed by atoms with Gasteiger partial charge in [0.25, 0.3) is 0 Å². The molecule has 0 atom stereocenters. The van der Waals surface area contributed by atoms with E-state index in [1.807, 2.05) is 0 Å². The summed E-state index contributed by atoms with van der Waals surface area (Å²) < 4.78 is 0. The van der Waals surface area contributed by atoms with Gasteiger partial charge in [0.2, 0.25) is 0 Å². The third-order valence-corrected chi connectivity index (χ3v) is 4.26. The first kappa shape index (κ1) is 14.3. The topological polar surface area (TPSA) is 12.0 Å². The highest BCUT2D eigenvalue weighted by Crippen LogP contribution is 2.40. The Kier molecular flexibility index (Phi) is 5.21. The highest BCUT2D eigenvalue weighted by molar-refractivity contribution is 5.14. The van der Waals surface area contributed by atoms with E-state index in [2.05, 4.69) is 49.2 Å². The quantitative estimate of drug-likeness (QED) is 0.729. The zero-order chi connectivity index (χ0) is 13.6. The van der Waals surface area contributed by atoms with Crippen molar-refractivity contribution in [1.82, 2.24) is 5.32 Å². The first-order valence-corrected chi connectivity index (χ1v) is 7.59. The number of hydrogen-bond acceptors (Lipinski definition) is 1. The molecule has 104 valence electrons. The van der Waals surface area contributed by atoms with Gasteiger partial charge in [0.15, 0.2) is 0 Å². The normalized spacial score (nSPS) is 18.2. The first-order chi connectivity index (χ1) is 9.20. The van der Waals surface area contributed by atoms with Crippen LogP contribution in [-0.2, 0) is 6.54 Å². The van der Waals surface area contributed by atoms with Crippen LogP contribution in [0, 0.1) is 5.41 Å². The number of allylic oxidation sites excluding steroid dienone is 1. The minimum atomic E-state index is 0.471. The van der Waals surface area contributed by atoms with Crippen LogP contribution in [0.4, 0.5) is 0 Å². The van der Waals surface area contributed by atoms with Crippen LogP contribution in [0.5, 0.6) is 0 Å². The van der Waals surface area contributed by atoms with Crippen LogP contribution >= 0.6 is 0 Å². The van der Waals surface area contributed by atoms with Crippen LogP contribution in [-0.4, -0.2) is 6.54 Å². The highest BCUT2D eigenvalue weighted by atomic mass is 14.9. The van der Waals surface area contributed by atoms with Gasteiger partial charge in [-0.1, -0.05) is 55.2 Å². The molecule has 1 fully saturated rings. The second kappa shape index (κ2) is 6.91. The zero-order valence-electron chi connectivity index (χ0n) is 12.3. The molecule has 1 aromatic rings. The van der Waals surface area contributed by atoms with E-state index in [-0.39, 0.29) is 0 Å². The Morgan fingerprint density at radius 3 is 2.47 bits per heavy atom. The van der Waals surface area contributed by atoms with Gasteiger partial charge in [-0.25, -0.2) is 0 Å².